The Morgan fingerprint density at radius 3 is 2.36 bits per heavy atom. The molecule has 6 heteroatoms. The summed E-state index contributed by atoms with van der Waals surface area (Å²) < 4.78 is 5.20. The van der Waals surface area contributed by atoms with Gasteiger partial charge in [0, 0.05) is 10.6 Å². The normalized spacial score (nSPS) is 27.7. The van der Waals surface area contributed by atoms with Gasteiger partial charge in [-0.25, -0.2) is 5.43 Å². The number of nitrogens with one attached hydrogen (secondary N) is 1. The number of hydrogen-bond donors (Lipinski definition) is 2. The van der Waals surface area contributed by atoms with Gasteiger partial charge in [-0.3, -0.25) is 4.79 Å². The molecule has 4 aliphatic rings. The molecule has 0 spiro atoms. The third-order valence-electron chi connectivity index (χ3n) is 6.60. The highest BCUT2D eigenvalue weighted by atomic mass is 32.1. The van der Waals surface area contributed by atoms with Crippen LogP contribution in [0.3, 0.4) is 0 Å². The number of nitrogen functional groups attached to an aromatic ring is 1. The van der Waals surface area contributed by atoms with Gasteiger partial charge in [-0.1, -0.05) is 0 Å². The van der Waals surface area contributed by atoms with E-state index in [1.54, 1.807) is 7.11 Å². The summed E-state index contributed by atoms with van der Waals surface area (Å²) in [6.45, 7) is 0. The van der Waals surface area contributed by atoms with Crippen molar-refractivity contribution in [2.75, 3.05) is 12.8 Å². The lowest BCUT2D eigenvalue weighted by Crippen LogP contribution is -2.46. The second kappa shape index (κ2) is 6.92. The molecule has 4 aliphatic carbocycles. The van der Waals surface area contributed by atoms with Crippen molar-refractivity contribution < 1.29 is 9.53 Å². The molecule has 0 aliphatic heterocycles. The molecule has 5 nitrogen and oxygen atoms in total. The van der Waals surface area contributed by atoms with E-state index >= 15 is 0 Å². The molecule has 2 aromatic rings. The van der Waals surface area contributed by atoms with Gasteiger partial charge in [-0.15, -0.1) is 11.3 Å². The van der Waals surface area contributed by atoms with E-state index in [-0.39, 0.29) is 5.91 Å². The summed E-state index contributed by atoms with van der Waals surface area (Å²) in [5.74, 6) is 3.52. The number of rotatable bonds is 4. The average molecular weight is 396 g/mol. The predicted molar refractivity (Wildman–Crippen MR) is 113 cm³/mol. The molecular formula is C22H25N3O2S. The Morgan fingerprint density at radius 2 is 1.75 bits per heavy atom. The van der Waals surface area contributed by atoms with E-state index in [0.29, 0.717) is 22.4 Å². The van der Waals surface area contributed by atoms with E-state index in [1.165, 1.54) is 49.2 Å². The quantitative estimate of drug-likeness (QED) is 0.746. The first-order valence-corrected chi connectivity index (χ1v) is 10.8. The summed E-state index contributed by atoms with van der Waals surface area (Å²) in [6.07, 6.45) is 6.43. The summed E-state index contributed by atoms with van der Waals surface area (Å²) in [6, 6.07) is 9.62. The van der Waals surface area contributed by atoms with E-state index in [2.05, 4.69) is 10.5 Å². The Morgan fingerprint density at radius 1 is 1.11 bits per heavy atom. The Hall–Kier alpha value is -2.34. The second-order valence-corrected chi connectivity index (χ2v) is 9.46. The van der Waals surface area contributed by atoms with Crippen molar-refractivity contribution in [2.45, 2.75) is 32.1 Å². The molecule has 4 bridgehead atoms. The number of nitrogens with two attached hydrogens (primary N) is 1. The van der Waals surface area contributed by atoms with E-state index in [1.807, 2.05) is 30.3 Å². The molecule has 28 heavy (non-hydrogen) atoms. The number of carbonyl (C=O) groups excluding carboxylic acids is 1. The van der Waals surface area contributed by atoms with Gasteiger partial charge in [0.05, 0.1) is 12.8 Å². The zero-order valence-corrected chi connectivity index (χ0v) is 16.8. The zero-order chi connectivity index (χ0) is 19.3. The number of carbonyl (C=O) groups is 1. The largest absolute Gasteiger partial charge is 0.497 e. The minimum absolute atomic E-state index is 0.205. The summed E-state index contributed by atoms with van der Waals surface area (Å²) in [5.41, 5.74) is 11.7. The number of amides is 1. The molecule has 1 amide bonds. The molecule has 0 unspecified atom stereocenters. The van der Waals surface area contributed by atoms with Crippen LogP contribution in [-0.4, -0.2) is 18.7 Å². The number of thiophene rings is 1. The molecule has 1 aromatic heterocycles. The van der Waals surface area contributed by atoms with E-state index in [4.69, 9.17) is 10.5 Å². The smallest absolute Gasteiger partial charge is 0.283 e. The lowest BCUT2D eigenvalue weighted by atomic mass is 9.55. The van der Waals surface area contributed by atoms with Gasteiger partial charge in [0.25, 0.3) is 5.91 Å². The van der Waals surface area contributed by atoms with Crippen molar-refractivity contribution in [1.29, 1.82) is 0 Å². The molecular weight excluding hydrogens is 370 g/mol. The maximum Gasteiger partial charge on any atom is 0.283 e. The minimum atomic E-state index is -0.205. The Kier molecular flexibility index (Phi) is 4.38. The summed E-state index contributed by atoms with van der Waals surface area (Å²) in [7, 11) is 1.64. The number of hydrogen-bond acceptors (Lipinski definition) is 5. The molecule has 4 fully saturated rings. The van der Waals surface area contributed by atoms with Crippen molar-refractivity contribution in [3.8, 4) is 16.2 Å². The first kappa shape index (κ1) is 17.7. The fourth-order valence-electron chi connectivity index (χ4n) is 5.50. The number of ether oxygens (including phenoxy) is 1. The highest BCUT2D eigenvalue weighted by Crippen LogP contribution is 2.52. The van der Waals surface area contributed by atoms with Crippen LogP contribution in [0.5, 0.6) is 5.75 Å². The molecule has 1 heterocycles. The second-order valence-electron chi connectivity index (χ2n) is 8.41. The molecule has 1 aromatic carbocycles. The number of methoxy groups -OCH3 is 1. The summed E-state index contributed by atoms with van der Waals surface area (Å²) >= 11 is 1.40. The molecule has 3 N–H and O–H groups in total. The zero-order valence-electron chi connectivity index (χ0n) is 16.0. The maximum atomic E-state index is 12.7. The van der Waals surface area contributed by atoms with Crippen molar-refractivity contribution >= 4 is 28.6 Å². The van der Waals surface area contributed by atoms with Gasteiger partial charge >= 0.3 is 0 Å². The van der Waals surface area contributed by atoms with Crippen LogP contribution in [0.25, 0.3) is 10.4 Å². The van der Waals surface area contributed by atoms with Crippen molar-refractivity contribution in [2.24, 2.45) is 28.8 Å². The molecule has 6 rings (SSSR count). The van der Waals surface area contributed by atoms with Crippen LogP contribution in [0, 0.1) is 23.7 Å². The van der Waals surface area contributed by atoms with Crippen LogP contribution in [0.4, 0.5) is 5.69 Å². The van der Waals surface area contributed by atoms with E-state index < -0.39 is 0 Å². The lowest BCUT2D eigenvalue weighted by molar-refractivity contribution is 0.0947. The predicted octanol–water partition coefficient (Wildman–Crippen LogP) is 4.55. The third kappa shape index (κ3) is 3.09. The molecule has 0 atom stereocenters. The van der Waals surface area contributed by atoms with Crippen LogP contribution < -0.4 is 15.9 Å². The van der Waals surface area contributed by atoms with Gasteiger partial charge in [-0.05, 0) is 91.7 Å². The monoisotopic (exact) mass is 395 g/mol. The Balaban J connectivity index is 1.32. The van der Waals surface area contributed by atoms with Gasteiger partial charge in [0.1, 0.15) is 10.6 Å². The number of nitrogens with zero attached hydrogens (tertiary/aromatic N) is 1. The van der Waals surface area contributed by atoms with Gasteiger partial charge in [0.2, 0.25) is 0 Å². The van der Waals surface area contributed by atoms with Crippen LogP contribution in [-0.2, 0) is 0 Å². The topological polar surface area (TPSA) is 76.7 Å². The Labute approximate surface area is 169 Å². The first-order valence-electron chi connectivity index (χ1n) is 10.0. The number of benzene rings is 1. The first-order chi connectivity index (χ1) is 13.6. The van der Waals surface area contributed by atoms with Gasteiger partial charge in [0.15, 0.2) is 0 Å². The van der Waals surface area contributed by atoms with Crippen molar-refractivity contribution in [1.82, 2.24) is 5.43 Å². The van der Waals surface area contributed by atoms with Crippen LogP contribution in [0.1, 0.15) is 41.8 Å². The summed E-state index contributed by atoms with van der Waals surface area (Å²) in [4.78, 5) is 14.2. The highest BCUT2D eigenvalue weighted by Gasteiger charge is 2.46. The van der Waals surface area contributed by atoms with E-state index in [0.717, 1.165) is 28.0 Å². The highest BCUT2D eigenvalue weighted by molar-refractivity contribution is 7.18. The molecule has 146 valence electrons. The van der Waals surface area contributed by atoms with Crippen LogP contribution in [0.15, 0.2) is 35.4 Å². The fraction of sp³-hybridized carbons (Fsp3) is 0.455. The molecule has 4 saturated carbocycles. The fourth-order valence-corrected chi connectivity index (χ4v) is 6.47. The molecule has 0 radical (unpaired) electrons. The lowest BCUT2D eigenvalue weighted by Gasteiger charge is -2.50. The van der Waals surface area contributed by atoms with Crippen molar-refractivity contribution in [3.63, 3.8) is 0 Å². The molecule has 0 saturated heterocycles. The SMILES string of the molecule is COc1ccc(-c2cc(N)c(C(=O)NN=C3C4CC5CC(C4)CC3C5)s2)cc1. The van der Waals surface area contributed by atoms with Gasteiger partial charge < -0.3 is 10.5 Å². The van der Waals surface area contributed by atoms with Crippen LogP contribution >= 0.6 is 11.3 Å². The third-order valence-corrected chi connectivity index (χ3v) is 7.80. The van der Waals surface area contributed by atoms with Crippen molar-refractivity contribution in [3.05, 3.63) is 35.2 Å². The van der Waals surface area contributed by atoms with Gasteiger partial charge in [-0.2, -0.15) is 5.10 Å². The number of anilines is 1. The van der Waals surface area contributed by atoms with E-state index in [9.17, 15) is 4.79 Å². The minimum Gasteiger partial charge on any atom is -0.497 e. The summed E-state index contributed by atoms with van der Waals surface area (Å²) in [5, 5.41) is 4.60. The standard InChI is InChI=1S/C22H25N3O2S/c1-27-17-4-2-14(3-5-17)19-11-18(23)21(28-19)22(26)25-24-20-15-7-12-6-13(9-15)10-16(20)8-12/h2-5,11-13,15-16H,6-10,23H2,1H3,(H,25,26). The maximum absolute atomic E-state index is 12.7. The number of hydrazone groups is 1. The van der Waals surface area contributed by atoms with Crippen LogP contribution in [0.2, 0.25) is 0 Å². The Bertz CT molecular complexity index is 902. The average Bonchev–Trinajstić information content (AvgIpc) is 3.08.